The number of halogens is 6. The van der Waals surface area contributed by atoms with Crippen LogP contribution in [0.4, 0.5) is 32.0 Å². The molecule has 2 aromatic rings. The Morgan fingerprint density at radius 1 is 1.05 bits per heavy atom. The molecule has 2 aliphatic rings. The molecule has 0 aromatic heterocycles. The van der Waals surface area contributed by atoms with E-state index >= 15 is 0 Å². The third kappa shape index (κ3) is 5.05. The summed E-state index contributed by atoms with van der Waals surface area (Å²) in [5, 5.41) is 12.0. The summed E-state index contributed by atoms with van der Waals surface area (Å²) in [5.41, 5.74) is -7.32. The highest BCUT2D eigenvalue weighted by Crippen LogP contribution is 2.50. The minimum absolute atomic E-state index is 0.0388. The van der Waals surface area contributed by atoms with E-state index in [-0.39, 0.29) is 23.7 Å². The van der Waals surface area contributed by atoms with Crippen molar-refractivity contribution in [1.29, 1.82) is 0 Å². The van der Waals surface area contributed by atoms with Crippen LogP contribution in [0.1, 0.15) is 42.5 Å². The number of carbonyl (C=O) groups is 2. The maximum atomic E-state index is 13.4. The van der Waals surface area contributed by atoms with Crippen LogP contribution in [0.25, 0.3) is 0 Å². The second kappa shape index (κ2) is 9.73. The second-order valence-corrected chi connectivity index (χ2v) is 11.7. The zero-order valence-corrected chi connectivity index (χ0v) is 21.9. The Bertz CT molecular complexity index is 1420. The van der Waals surface area contributed by atoms with Crippen LogP contribution in [-0.4, -0.2) is 61.1 Å². The Morgan fingerprint density at radius 3 is 2.10 bits per heavy atom. The first-order valence-electron chi connectivity index (χ1n) is 11.9. The summed E-state index contributed by atoms with van der Waals surface area (Å²) in [7, 11) is -3.62. The van der Waals surface area contributed by atoms with Crippen LogP contribution in [0.3, 0.4) is 0 Å². The van der Waals surface area contributed by atoms with Crippen molar-refractivity contribution in [3.05, 3.63) is 59.2 Å². The first-order valence-corrected chi connectivity index (χ1v) is 13.8. The fourth-order valence-electron chi connectivity index (χ4n) is 4.70. The normalized spacial score (nSPS) is 18.8. The molecule has 1 aliphatic carbocycles. The molecule has 0 spiro atoms. The molecule has 1 unspecified atom stereocenters. The van der Waals surface area contributed by atoms with E-state index in [1.54, 1.807) is 6.92 Å². The molecule has 1 heterocycles. The lowest BCUT2D eigenvalue weighted by atomic mass is 9.92. The summed E-state index contributed by atoms with van der Waals surface area (Å²) in [6.07, 6.45) is -10.4. The number of carbonyl (C=O) groups excluding carboxylic acids is 2. The van der Waals surface area contributed by atoms with Crippen LogP contribution < -0.4 is 5.32 Å². The standard InChI is InChI=1S/C25H24F6N2O6S/c1-3-39-22(10-11-22)21(35)33-13-14-12-17(40(2,37)38)8-9-18(14)19(33)20(34)32-16-6-4-15(5-7-16)23(36,24(26,27)28)25(29,30)31/h4-9,12,19,36H,3,10-11,13H2,1-2H3,(H,32,34). The van der Waals surface area contributed by atoms with Crippen molar-refractivity contribution in [2.75, 3.05) is 18.2 Å². The third-order valence-corrected chi connectivity index (χ3v) is 8.01. The molecule has 8 nitrogen and oxygen atoms in total. The number of nitrogens with one attached hydrogen (secondary N) is 1. The van der Waals surface area contributed by atoms with E-state index in [4.69, 9.17) is 4.74 Å². The van der Waals surface area contributed by atoms with Gasteiger partial charge in [-0.15, -0.1) is 0 Å². The highest BCUT2D eigenvalue weighted by Gasteiger charge is 2.71. The molecule has 2 aromatic carbocycles. The molecular formula is C25H24F6N2O6S. The molecule has 1 atom stereocenters. The van der Waals surface area contributed by atoms with Gasteiger partial charge in [0.05, 0.1) is 4.90 Å². The average molecular weight is 595 g/mol. The summed E-state index contributed by atoms with van der Waals surface area (Å²) in [5.74, 6) is -1.36. The van der Waals surface area contributed by atoms with Gasteiger partial charge in [0.25, 0.3) is 17.4 Å². The van der Waals surface area contributed by atoms with Crippen LogP contribution in [-0.2, 0) is 36.3 Å². The molecule has 218 valence electrons. The molecule has 4 rings (SSSR count). The molecule has 1 aliphatic heterocycles. The predicted molar refractivity (Wildman–Crippen MR) is 128 cm³/mol. The molecular weight excluding hydrogens is 570 g/mol. The summed E-state index contributed by atoms with van der Waals surface area (Å²) < 4.78 is 109. The fraction of sp³-hybridized carbons (Fsp3) is 0.440. The number of amides is 2. The van der Waals surface area contributed by atoms with Crippen molar-refractivity contribution in [2.45, 2.75) is 60.8 Å². The number of aliphatic hydroxyl groups is 1. The number of rotatable bonds is 7. The number of anilines is 1. The van der Waals surface area contributed by atoms with Gasteiger partial charge in [-0.1, -0.05) is 18.2 Å². The number of benzene rings is 2. The zero-order valence-electron chi connectivity index (χ0n) is 21.1. The molecule has 40 heavy (non-hydrogen) atoms. The van der Waals surface area contributed by atoms with Gasteiger partial charge in [-0.25, -0.2) is 8.42 Å². The van der Waals surface area contributed by atoms with Crippen molar-refractivity contribution in [3.63, 3.8) is 0 Å². The van der Waals surface area contributed by atoms with Gasteiger partial charge in [-0.3, -0.25) is 9.59 Å². The molecule has 0 radical (unpaired) electrons. The van der Waals surface area contributed by atoms with Crippen LogP contribution in [0, 0.1) is 0 Å². The summed E-state index contributed by atoms with van der Waals surface area (Å²) >= 11 is 0. The molecule has 1 fully saturated rings. The van der Waals surface area contributed by atoms with Crippen molar-refractivity contribution in [2.24, 2.45) is 0 Å². The highest BCUT2D eigenvalue weighted by atomic mass is 32.2. The quantitative estimate of drug-likeness (QED) is 0.469. The molecule has 0 bridgehead atoms. The van der Waals surface area contributed by atoms with E-state index < -0.39 is 56.8 Å². The Kier molecular flexibility index (Phi) is 7.25. The second-order valence-electron chi connectivity index (χ2n) is 9.67. The van der Waals surface area contributed by atoms with Gasteiger partial charge in [-0.2, -0.15) is 26.3 Å². The van der Waals surface area contributed by atoms with Gasteiger partial charge in [0.2, 0.25) is 0 Å². The van der Waals surface area contributed by atoms with Gasteiger partial charge in [-0.05, 0) is 55.2 Å². The van der Waals surface area contributed by atoms with Crippen molar-refractivity contribution in [1.82, 2.24) is 4.90 Å². The van der Waals surface area contributed by atoms with Crippen molar-refractivity contribution in [3.8, 4) is 0 Å². The number of fused-ring (bicyclic) bond motifs is 1. The first-order chi connectivity index (χ1) is 18.4. The molecule has 1 saturated carbocycles. The molecule has 0 saturated heterocycles. The lowest BCUT2D eigenvalue weighted by molar-refractivity contribution is -0.376. The Labute approximate surface area is 224 Å². The van der Waals surface area contributed by atoms with E-state index in [0.29, 0.717) is 36.1 Å². The Balaban J connectivity index is 1.67. The van der Waals surface area contributed by atoms with Crippen molar-refractivity contribution >= 4 is 27.3 Å². The van der Waals surface area contributed by atoms with Gasteiger partial charge in [0.15, 0.2) is 9.84 Å². The minimum Gasteiger partial charge on any atom is -0.369 e. The van der Waals surface area contributed by atoms with Gasteiger partial charge < -0.3 is 20.1 Å². The van der Waals surface area contributed by atoms with Gasteiger partial charge >= 0.3 is 12.4 Å². The number of hydrogen-bond acceptors (Lipinski definition) is 6. The van der Waals surface area contributed by atoms with Crippen LogP contribution in [0.15, 0.2) is 47.4 Å². The Hall–Kier alpha value is -3.17. The maximum absolute atomic E-state index is 13.4. The SMILES string of the molecule is CCOC1(C(=O)N2Cc3cc(S(C)(=O)=O)ccc3C2C(=O)Nc2ccc(C(O)(C(F)(F)F)C(F)(F)F)cc2)CC1. The molecule has 2 N–H and O–H groups in total. The Morgan fingerprint density at radius 2 is 1.62 bits per heavy atom. The lowest BCUT2D eigenvalue weighted by Crippen LogP contribution is -2.53. The van der Waals surface area contributed by atoms with Crippen LogP contribution in [0.5, 0.6) is 0 Å². The van der Waals surface area contributed by atoms with E-state index in [1.807, 2.05) is 0 Å². The van der Waals surface area contributed by atoms with Crippen LogP contribution >= 0.6 is 0 Å². The van der Waals surface area contributed by atoms with E-state index in [9.17, 15) is 49.5 Å². The number of nitrogens with zero attached hydrogens (tertiary/aromatic N) is 1. The minimum atomic E-state index is -6.07. The number of alkyl halides is 6. The van der Waals surface area contributed by atoms with Crippen molar-refractivity contribution < 1.29 is 54.2 Å². The summed E-state index contributed by atoms with van der Waals surface area (Å²) in [6.45, 7) is 1.78. The molecule has 2 amide bonds. The summed E-state index contributed by atoms with van der Waals surface area (Å²) in [4.78, 5) is 28.0. The van der Waals surface area contributed by atoms with Gasteiger partial charge in [0, 0.05) is 30.7 Å². The number of hydrogen-bond donors (Lipinski definition) is 2. The predicted octanol–water partition coefficient (Wildman–Crippen LogP) is 3.99. The smallest absolute Gasteiger partial charge is 0.369 e. The topological polar surface area (TPSA) is 113 Å². The van der Waals surface area contributed by atoms with Crippen LogP contribution in [0.2, 0.25) is 0 Å². The highest BCUT2D eigenvalue weighted by molar-refractivity contribution is 7.90. The van der Waals surface area contributed by atoms with E-state index in [1.165, 1.54) is 23.1 Å². The molecule has 15 heteroatoms. The fourth-order valence-corrected chi connectivity index (χ4v) is 5.37. The lowest BCUT2D eigenvalue weighted by Gasteiger charge is -2.32. The third-order valence-electron chi connectivity index (χ3n) is 6.90. The zero-order chi connectivity index (χ0) is 29.9. The van der Waals surface area contributed by atoms with Gasteiger partial charge in [0.1, 0.15) is 11.6 Å². The van der Waals surface area contributed by atoms with E-state index in [0.717, 1.165) is 18.4 Å². The summed E-state index contributed by atoms with van der Waals surface area (Å²) in [6, 6.07) is 4.96. The number of sulfone groups is 1. The largest absolute Gasteiger partial charge is 0.430 e. The first kappa shape index (κ1) is 29.8. The van der Waals surface area contributed by atoms with E-state index in [2.05, 4.69) is 5.32 Å². The maximum Gasteiger partial charge on any atom is 0.430 e. The number of ether oxygens (including phenoxy) is 1. The monoisotopic (exact) mass is 594 g/mol. The average Bonchev–Trinajstić information content (AvgIpc) is 3.52.